The largest absolute Gasteiger partial charge is 0.395 e. The van der Waals surface area contributed by atoms with Crippen LogP contribution in [0, 0.1) is 0 Å². The van der Waals surface area contributed by atoms with Crippen molar-refractivity contribution in [2.24, 2.45) is 5.73 Å². The van der Waals surface area contributed by atoms with E-state index < -0.39 is 0 Å². The van der Waals surface area contributed by atoms with Crippen molar-refractivity contribution in [3.63, 3.8) is 0 Å². The molecule has 0 radical (unpaired) electrons. The molecule has 0 bridgehead atoms. The summed E-state index contributed by atoms with van der Waals surface area (Å²) >= 11 is 0. The fraction of sp³-hybridized carbons (Fsp3) is 1.00. The Bertz CT molecular complexity index is 221. The average molecular weight is 241 g/mol. The van der Waals surface area contributed by atoms with E-state index in [0.717, 1.165) is 39.3 Å². The van der Waals surface area contributed by atoms with Crippen LogP contribution in [0.5, 0.6) is 0 Å². The van der Waals surface area contributed by atoms with Crippen LogP contribution in [0.3, 0.4) is 0 Å². The molecule has 1 aliphatic heterocycles. The third-order valence-electron chi connectivity index (χ3n) is 4.62. The maximum absolute atomic E-state index is 8.95. The molecular formula is C13H27N3O. The first kappa shape index (κ1) is 13.3. The second-order valence-electron chi connectivity index (χ2n) is 5.54. The molecule has 17 heavy (non-hydrogen) atoms. The van der Waals surface area contributed by atoms with E-state index in [9.17, 15) is 0 Å². The number of aliphatic hydroxyl groups excluding tert-OH is 1. The minimum Gasteiger partial charge on any atom is -0.395 e. The topological polar surface area (TPSA) is 52.7 Å². The number of rotatable bonds is 4. The lowest BCUT2D eigenvalue weighted by molar-refractivity contribution is 0.00948. The summed E-state index contributed by atoms with van der Waals surface area (Å²) in [5.74, 6) is 0. The van der Waals surface area contributed by atoms with Gasteiger partial charge in [-0.3, -0.25) is 9.80 Å². The predicted octanol–water partition coefficient (Wildman–Crippen LogP) is 0.258. The smallest absolute Gasteiger partial charge is 0.0558 e. The number of nitrogens with zero attached hydrogens (tertiary/aromatic N) is 2. The van der Waals surface area contributed by atoms with Crippen molar-refractivity contribution in [2.45, 2.75) is 37.6 Å². The molecule has 4 heteroatoms. The van der Waals surface area contributed by atoms with Crippen LogP contribution in [0.25, 0.3) is 0 Å². The van der Waals surface area contributed by atoms with E-state index in [4.69, 9.17) is 10.8 Å². The van der Waals surface area contributed by atoms with Crippen LogP contribution >= 0.6 is 0 Å². The third kappa shape index (κ3) is 2.99. The lowest BCUT2D eigenvalue weighted by atomic mass is 9.80. The van der Waals surface area contributed by atoms with Crippen molar-refractivity contribution < 1.29 is 5.11 Å². The quantitative estimate of drug-likeness (QED) is 0.741. The van der Waals surface area contributed by atoms with Gasteiger partial charge in [0.2, 0.25) is 0 Å². The molecule has 0 atom stereocenters. The van der Waals surface area contributed by atoms with Gasteiger partial charge in [-0.15, -0.1) is 0 Å². The van der Waals surface area contributed by atoms with E-state index in [0.29, 0.717) is 5.54 Å². The lowest BCUT2D eigenvalue weighted by Crippen LogP contribution is -2.61. The number of piperazine rings is 1. The second kappa shape index (κ2) is 6.14. The van der Waals surface area contributed by atoms with E-state index in [1.165, 1.54) is 32.1 Å². The number of hydrogen-bond acceptors (Lipinski definition) is 4. The van der Waals surface area contributed by atoms with E-state index in [1.54, 1.807) is 0 Å². The molecule has 0 aromatic heterocycles. The fourth-order valence-corrected chi connectivity index (χ4v) is 3.45. The Morgan fingerprint density at radius 2 is 1.65 bits per heavy atom. The molecule has 1 saturated heterocycles. The summed E-state index contributed by atoms with van der Waals surface area (Å²) in [5, 5.41) is 8.95. The number of aliphatic hydroxyl groups is 1. The molecule has 3 N–H and O–H groups in total. The van der Waals surface area contributed by atoms with Crippen LogP contribution < -0.4 is 5.73 Å². The van der Waals surface area contributed by atoms with Crippen molar-refractivity contribution in [1.29, 1.82) is 0 Å². The van der Waals surface area contributed by atoms with Gasteiger partial charge in [0, 0.05) is 44.8 Å². The zero-order valence-corrected chi connectivity index (χ0v) is 10.9. The highest BCUT2D eigenvalue weighted by Crippen LogP contribution is 2.33. The van der Waals surface area contributed by atoms with Gasteiger partial charge in [-0.25, -0.2) is 0 Å². The molecule has 100 valence electrons. The highest BCUT2D eigenvalue weighted by Gasteiger charge is 2.37. The molecule has 0 spiro atoms. The summed E-state index contributed by atoms with van der Waals surface area (Å²) in [7, 11) is 0. The van der Waals surface area contributed by atoms with Gasteiger partial charge < -0.3 is 10.8 Å². The first-order valence-electron chi connectivity index (χ1n) is 7.09. The first-order valence-corrected chi connectivity index (χ1v) is 7.09. The molecule has 1 aliphatic carbocycles. The van der Waals surface area contributed by atoms with Gasteiger partial charge in [0.15, 0.2) is 0 Å². The Morgan fingerprint density at radius 3 is 2.18 bits per heavy atom. The molecule has 2 rings (SSSR count). The molecule has 0 unspecified atom stereocenters. The van der Waals surface area contributed by atoms with Crippen LogP contribution in [0.15, 0.2) is 0 Å². The Hall–Kier alpha value is -0.160. The van der Waals surface area contributed by atoms with E-state index in [-0.39, 0.29) is 6.61 Å². The van der Waals surface area contributed by atoms with Crippen LogP contribution in [0.1, 0.15) is 32.1 Å². The van der Waals surface area contributed by atoms with Gasteiger partial charge in [0.1, 0.15) is 0 Å². The molecule has 2 fully saturated rings. The van der Waals surface area contributed by atoms with Crippen molar-refractivity contribution in [2.75, 3.05) is 45.9 Å². The van der Waals surface area contributed by atoms with Crippen molar-refractivity contribution >= 4 is 0 Å². The summed E-state index contributed by atoms with van der Waals surface area (Å²) in [6.45, 7) is 6.33. The predicted molar refractivity (Wildman–Crippen MR) is 70.0 cm³/mol. The zero-order valence-electron chi connectivity index (χ0n) is 10.9. The average Bonchev–Trinajstić information content (AvgIpc) is 2.41. The molecule has 2 aliphatic rings. The molecular weight excluding hydrogens is 214 g/mol. The highest BCUT2D eigenvalue weighted by molar-refractivity contribution is 4.95. The maximum Gasteiger partial charge on any atom is 0.0558 e. The third-order valence-corrected chi connectivity index (χ3v) is 4.62. The monoisotopic (exact) mass is 241 g/mol. The maximum atomic E-state index is 8.95. The Morgan fingerprint density at radius 1 is 1.00 bits per heavy atom. The van der Waals surface area contributed by atoms with E-state index in [1.807, 2.05) is 0 Å². The summed E-state index contributed by atoms with van der Waals surface area (Å²) in [4.78, 5) is 4.98. The fourth-order valence-electron chi connectivity index (χ4n) is 3.45. The van der Waals surface area contributed by atoms with Gasteiger partial charge >= 0.3 is 0 Å². The van der Waals surface area contributed by atoms with Crippen LogP contribution in [-0.2, 0) is 0 Å². The van der Waals surface area contributed by atoms with Crippen LogP contribution in [0.4, 0.5) is 0 Å². The van der Waals surface area contributed by atoms with Crippen molar-refractivity contribution in [3.8, 4) is 0 Å². The highest BCUT2D eigenvalue weighted by atomic mass is 16.3. The van der Waals surface area contributed by atoms with Crippen LogP contribution in [-0.4, -0.2) is 66.3 Å². The minimum absolute atomic E-state index is 0.280. The van der Waals surface area contributed by atoms with Gasteiger partial charge in [-0.05, 0) is 12.8 Å². The van der Waals surface area contributed by atoms with Gasteiger partial charge in [0.25, 0.3) is 0 Å². The van der Waals surface area contributed by atoms with E-state index in [2.05, 4.69) is 9.80 Å². The minimum atomic E-state index is 0.280. The molecule has 0 amide bonds. The van der Waals surface area contributed by atoms with E-state index >= 15 is 0 Å². The van der Waals surface area contributed by atoms with Crippen molar-refractivity contribution in [1.82, 2.24) is 9.80 Å². The molecule has 0 aromatic rings. The van der Waals surface area contributed by atoms with Gasteiger partial charge in [-0.2, -0.15) is 0 Å². The van der Waals surface area contributed by atoms with Crippen LogP contribution in [0.2, 0.25) is 0 Å². The van der Waals surface area contributed by atoms with Crippen molar-refractivity contribution in [3.05, 3.63) is 0 Å². The standard InChI is InChI=1S/C13H27N3O/c14-12-13(4-2-1-3-5-13)16-8-6-15(7-9-16)10-11-17/h17H,1-12,14H2. The summed E-state index contributed by atoms with van der Waals surface area (Å²) < 4.78 is 0. The summed E-state index contributed by atoms with van der Waals surface area (Å²) in [6.07, 6.45) is 6.63. The molecule has 0 aromatic carbocycles. The first-order chi connectivity index (χ1) is 8.30. The number of nitrogens with two attached hydrogens (primary N) is 1. The Balaban J connectivity index is 1.89. The molecule has 4 nitrogen and oxygen atoms in total. The number of hydrogen-bond donors (Lipinski definition) is 2. The Kier molecular flexibility index (Phi) is 4.79. The number of β-amino-alcohol motifs (C(OH)–C–C–N with tert-alkyl or cyclic N) is 1. The van der Waals surface area contributed by atoms with Gasteiger partial charge in [0.05, 0.1) is 6.61 Å². The SMILES string of the molecule is NCC1(N2CCN(CCO)CC2)CCCCC1. The normalized spacial score (nSPS) is 27.2. The molecule has 1 saturated carbocycles. The zero-order chi connectivity index (χ0) is 12.1. The van der Waals surface area contributed by atoms with Gasteiger partial charge in [-0.1, -0.05) is 19.3 Å². The lowest BCUT2D eigenvalue weighted by Gasteiger charge is -2.49. The summed E-state index contributed by atoms with van der Waals surface area (Å²) in [6, 6.07) is 0. The second-order valence-corrected chi connectivity index (χ2v) is 5.54. The Labute approximate surface area is 105 Å². The molecule has 1 heterocycles. The summed E-state index contributed by atoms with van der Waals surface area (Å²) in [5.41, 5.74) is 6.36.